The molecule has 63 valence electrons. The van der Waals surface area contributed by atoms with Crippen LogP contribution >= 0.6 is 17.0 Å². The van der Waals surface area contributed by atoms with Crippen LogP contribution < -0.4 is 0 Å². The van der Waals surface area contributed by atoms with Gasteiger partial charge in [-0.2, -0.15) is 0 Å². The van der Waals surface area contributed by atoms with Crippen molar-refractivity contribution in [2.45, 2.75) is 0 Å². The van der Waals surface area contributed by atoms with Gasteiger partial charge in [0.2, 0.25) is 0 Å². The van der Waals surface area contributed by atoms with E-state index in [1.807, 2.05) is 0 Å². The molecule has 0 fully saturated rings. The van der Waals surface area contributed by atoms with Crippen LogP contribution in [0.15, 0.2) is 38.0 Å². The van der Waals surface area contributed by atoms with Gasteiger partial charge in [-0.3, -0.25) is 0 Å². The molecule has 0 bridgehead atoms. The minimum atomic E-state index is 0. The first-order valence-electron chi connectivity index (χ1n) is 2.45. The first-order chi connectivity index (χ1) is 4.24. The van der Waals surface area contributed by atoms with E-state index >= 15 is 0 Å². The quantitative estimate of drug-likeness (QED) is 0.504. The van der Waals surface area contributed by atoms with E-state index in [1.165, 1.54) is 18.2 Å². The van der Waals surface area contributed by atoms with Crippen LogP contribution in [0, 0.1) is 51.9 Å². The fraction of sp³-hybridized carbons (Fsp3) is 0. The van der Waals surface area contributed by atoms with E-state index < -0.39 is 0 Å². The van der Waals surface area contributed by atoms with Crippen molar-refractivity contribution in [2.75, 3.05) is 0 Å². The molecule has 0 amide bonds. The minimum Gasteiger partial charge on any atom is -0.245 e. The smallest absolute Gasteiger partial charge is 0.245 e. The van der Waals surface area contributed by atoms with E-state index in [9.17, 15) is 0 Å². The molecule has 0 rings (SSSR count). The molecule has 0 aromatic heterocycles. The first-order valence-corrected chi connectivity index (χ1v) is 2.45. The van der Waals surface area contributed by atoms with E-state index in [0.717, 1.165) is 0 Å². The van der Waals surface area contributed by atoms with Crippen LogP contribution in [0.4, 0.5) is 0 Å². The van der Waals surface area contributed by atoms with Crippen molar-refractivity contribution < 1.29 is 31.1 Å². The molecule has 0 aromatic carbocycles. The predicted molar refractivity (Wildman–Crippen MR) is 57.0 cm³/mol. The standard InChI is InChI=1S/3C3H5.BrH.U/c3*1-3-2;;/h3*3H,1-2H2;1H;/q3*-1;;+3. The van der Waals surface area contributed by atoms with Gasteiger partial charge in [-0.05, 0) is 0 Å². The summed E-state index contributed by atoms with van der Waals surface area (Å²) in [6.07, 6.45) is 4.50. The van der Waals surface area contributed by atoms with Gasteiger partial charge in [-0.15, -0.1) is 17.0 Å². The molecule has 0 aliphatic heterocycles. The summed E-state index contributed by atoms with van der Waals surface area (Å²) in [6.45, 7) is 19.5. The Morgan fingerprint density at radius 1 is 0.727 bits per heavy atom. The number of hydrogen-bond acceptors (Lipinski definition) is 0. The molecular formula is C9H16BrU. The average Bonchev–Trinajstić information content (AvgIpc) is 1.70. The van der Waals surface area contributed by atoms with Gasteiger partial charge in [0.15, 0.2) is 0 Å². The maximum absolute atomic E-state index is 3.25. The molecule has 0 heterocycles. The predicted octanol–water partition coefficient (Wildman–Crippen LogP) is 3.60. The first kappa shape index (κ1) is 30.1. The van der Waals surface area contributed by atoms with E-state index in [0.29, 0.717) is 0 Å². The Kier molecular flexibility index (Phi) is 220. The molecule has 1 radical (unpaired) electrons. The van der Waals surface area contributed by atoms with Crippen molar-refractivity contribution in [2.24, 2.45) is 0 Å². The summed E-state index contributed by atoms with van der Waals surface area (Å²) >= 11 is 0. The van der Waals surface area contributed by atoms with E-state index in [4.69, 9.17) is 0 Å². The van der Waals surface area contributed by atoms with E-state index in [-0.39, 0.29) is 48.1 Å². The average molecular weight is 442 g/mol. The van der Waals surface area contributed by atoms with Crippen LogP contribution in [0.3, 0.4) is 0 Å². The Balaban J connectivity index is -0.0000000150. The molecule has 0 unspecified atom stereocenters. The van der Waals surface area contributed by atoms with Crippen molar-refractivity contribution in [3.8, 4) is 0 Å². The van der Waals surface area contributed by atoms with Gasteiger partial charge in [0.25, 0.3) is 0 Å². The SMILES string of the molecule is Br.C=C[CH2-].C=C[CH2-].C=C[CH2-].[U+3]. The third-order valence-electron chi connectivity index (χ3n) is 0. The minimum absolute atomic E-state index is 0. The van der Waals surface area contributed by atoms with Crippen LogP contribution in [0.2, 0.25) is 0 Å². The third kappa shape index (κ3) is 5530. The number of rotatable bonds is 0. The topological polar surface area (TPSA) is 0 Å². The number of allylic oxidation sites excluding steroid dienone is 3. The molecule has 0 aromatic rings. The number of halogens is 1. The molecular weight excluding hydrogens is 426 g/mol. The molecule has 2 heteroatoms. The summed E-state index contributed by atoms with van der Waals surface area (Å²) in [6, 6.07) is 0. The molecule has 0 aliphatic carbocycles. The number of hydrogen-bond donors (Lipinski definition) is 0. The molecule has 0 atom stereocenters. The van der Waals surface area contributed by atoms with Crippen LogP contribution in [-0.2, 0) is 0 Å². The van der Waals surface area contributed by atoms with Gasteiger partial charge in [0, 0.05) is 0 Å². The van der Waals surface area contributed by atoms with Crippen molar-refractivity contribution in [1.29, 1.82) is 0 Å². The Labute approximate surface area is 106 Å². The van der Waals surface area contributed by atoms with Gasteiger partial charge < -0.3 is 0 Å². The van der Waals surface area contributed by atoms with Crippen LogP contribution in [-0.4, -0.2) is 0 Å². The maximum atomic E-state index is 3.25. The second kappa shape index (κ2) is 80.4. The van der Waals surface area contributed by atoms with Gasteiger partial charge in [-0.1, -0.05) is 0 Å². The molecule has 11 heavy (non-hydrogen) atoms. The summed E-state index contributed by atoms with van der Waals surface area (Å²) in [5, 5.41) is 0. The van der Waals surface area contributed by atoms with Crippen LogP contribution in [0.1, 0.15) is 0 Å². The van der Waals surface area contributed by atoms with Gasteiger partial charge in [-0.25, -0.2) is 58.7 Å². The van der Waals surface area contributed by atoms with Gasteiger partial charge >= 0.3 is 31.1 Å². The summed E-state index contributed by atoms with van der Waals surface area (Å²) in [5.41, 5.74) is 0. The van der Waals surface area contributed by atoms with Crippen molar-refractivity contribution in [1.82, 2.24) is 0 Å². The van der Waals surface area contributed by atoms with Crippen LogP contribution in [0.5, 0.6) is 0 Å². The summed E-state index contributed by atoms with van der Waals surface area (Å²) in [4.78, 5) is 0. The normalized spacial score (nSPS) is 3.27. The maximum Gasteiger partial charge on any atom is 3.00 e. The Bertz CT molecular complexity index is 46.3. The largest absolute Gasteiger partial charge is 3.00 e. The zero-order valence-corrected chi connectivity index (χ0v) is 12.8. The zero-order valence-electron chi connectivity index (χ0n) is 6.88. The van der Waals surface area contributed by atoms with Crippen molar-refractivity contribution >= 4 is 17.0 Å². The van der Waals surface area contributed by atoms with E-state index in [1.54, 1.807) is 0 Å². The van der Waals surface area contributed by atoms with Gasteiger partial charge in [0.1, 0.15) is 0 Å². The molecule has 0 spiro atoms. The fourth-order valence-electron chi connectivity index (χ4n) is 0. The van der Waals surface area contributed by atoms with Crippen molar-refractivity contribution in [3.05, 3.63) is 58.7 Å². The van der Waals surface area contributed by atoms with Gasteiger partial charge in [0.05, 0.1) is 0 Å². The van der Waals surface area contributed by atoms with E-state index in [2.05, 4.69) is 40.5 Å². The van der Waals surface area contributed by atoms with Crippen molar-refractivity contribution in [3.63, 3.8) is 0 Å². The summed E-state index contributed by atoms with van der Waals surface area (Å²) < 4.78 is 0. The molecule has 0 nitrogen and oxygen atoms in total. The summed E-state index contributed by atoms with van der Waals surface area (Å²) in [5.74, 6) is 0. The molecule has 0 N–H and O–H groups in total. The second-order valence-corrected chi connectivity index (χ2v) is 0.866. The monoisotopic (exact) mass is 441 g/mol. The molecule has 0 aliphatic rings. The third-order valence-corrected chi connectivity index (χ3v) is 0. The fourth-order valence-corrected chi connectivity index (χ4v) is 0. The Hall–Kier alpha value is 0.362. The zero-order chi connectivity index (χ0) is 8.12. The second-order valence-electron chi connectivity index (χ2n) is 0.866. The molecule has 0 saturated heterocycles. The molecule has 0 saturated carbocycles. The Morgan fingerprint density at radius 2 is 0.727 bits per heavy atom. The van der Waals surface area contributed by atoms with Crippen LogP contribution in [0.25, 0.3) is 0 Å². The summed E-state index contributed by atoms with van der Waals surface area (Å²) in [7, 11) is 0. The Morgan fingerprint density at radius 3 is 0.727 bits per heavy atom.